The first-order valence-electron chi connectivity index (χ1n) is 13.3. The van der Waals surface area contributed by atoms with Crippen LogP contribution in [0.3, 0.4) is 0 Å². The maximum atomic E-state index is 11.7. The second-order valence-electron chi connectivity index (χ2n) is 11.3. The van der Waals surface area contributed by atoms with Crippen molar-refractivity contribution < 1.29 is 202 Å². The summed E-state index contributed by atoms with van der Waals surface area (Å²) >= 11 is 0.762. The van der Waals surface area contributed by atoms with Crippen LogP contribution in [-0.2, 0) is 39.9 Å². The fourth-order valence-electron chi connectivity index (χ4n) is 5.88. The molecule has 0 spiro atoms. The minimum Gasteiger partial charge on any atom is -0.744 e. The van der Waals surface area contributed by atoms with E-state index >= 15 is 0 Å². The zero-order valence-electron chi connectivity index (χ0n) is 26.9. The third-order valence-electron chi connectivity index (χ3n) is 7.94. The van der Waals surface area contributed by atoms with Gasteiger partial charge in [0.15, 0.2) is 0 Å². The van der Waals surface area contributed by atoms with Crippen LogP contribution in [0.15, 0.2) is 75.7 Å². The number of aliphatic carboxylic acids is 2. The van der Waals surface area contributed by atoms with Gasteiger partial charge in [-0.3, -0.25) is 9.83 Å². The molecule has 4 rings (SSSR count). The number of nitrogens with zero attached hydrogens (tertiary/aromatic N) is 1. The summed E-state index contributed by atoms with van der Waals surface area (Å²) in [7, 11) is -4.71. The molecule has 2 aromatic rings. The van der Waals surface area contributed by atoms with Crippen LogP contribution in [0.1, 0.15) is 63.6 Å². The first-order valence-corrected chi connectivity index (χ1v) is 15.4. The summed E-state index contributed by atoms with van der Waals surface area (Å²) in [5.74, 6) is -2.19. The van der Waals surface area contributed by atoms with Gasteiger partial charge in [0.2, 0.25) is 0 Å². The Hall–Kier alpha value is 1.45. The van der Waals surface area contributed by atoms with Crippen LogP contribution in [0.4, 0.5) is 5.69 Å². The molecule has 1 N–H and O–H groups in total. The summed E-state index contributed by atoms with van der Waals surface area (Å²) in [6, 6.07) is 9.50. The molecule has 0 atom stereocenters. The van der Waals surface area contributed by atoms with E-state index in [1.165, 1.54) is 18.2 Å². The van der Waals surface area contributed by atoms with Crippen LogP contribution < -0.4 is 169 Å². The Balaban J connectivity index is 0.00000353. The van der Waals surface area contributed by atoms with E-state index in [1.54, 1.807) is 17.0 Å². The molecule has 2 aliphatic rings. The molecule has 0 saturated carbocycles. The monoisotopic (exact) mass is 745 g/mol. The first-order chi connectivity index (χ1) is 20.1. The maximum Gasteiger partial charge on any atom is 1.00 e. The molecule has 2 aromatic carbocycles. The molecule has 16 heteroatoms. The van der Waals surface area contributed by atoms with Crippen molar-refractivity contribution in [3.63, 3.8) is 0 Å². The van der Waals surface area contributed by atoms with Gasteiger partial charge in [0, 0.05) is 52.5 Å². The van der Waals surface area contributed by atoms with Gasteiger partial charge in [-0.25, -0.2) is 8.42 Å². The molecule has 0 radical (unpaired) electrons. The SMILES string of the molecule is CC1(C)C(C=C/C=C2/N(CCC(=O)[O-])c3ccc(S(=O)(=O)[O-])cc3C2(C)C)=C(CCC(=O)O)c2ccc(SOO[O-])cc21.[K+].[K+].[K+]. The number of carbonyl (C=O) groups excluding carboxylic acids is 1. The number of carboxylic acid groups (broad SMARTS) is 2. The topological polar surface area (TPSA) is 179 Å². The second kappa shape index (κ2) is 18.8. The number of hydrogen-bond donors (Lipinski definition) is 1. The Kier molecular flexibility index (Phi) is 18.6. The van der Waals surface area contributed by atoms with Gasteiger partial charge in [0.25, 0.3) is 0 Å². The Morgan fingerprint density at radius 2 is 1.67 bits per heavy atom. The fraction of sp³-hybridized carbons (Fsp3) is 0.333. The average molecular weight is 746 g/mol. The largest absolute Gasteiger partial charge is 1.00 e. The molecule has 0 unspecified atom stereocenters. The van der Waals surface area contributed by atoms with Gasteiger partial charge in [0.05, 0.1) is 16.9 Å². The molecule has 230 valence electrons. The van der Waals surface area contributed by atoms with Crippen molar-refractivity contribution in [1.29, 1.82) is 0 Å². The zero-order chi connectivity index (χ0) is 31.7. The molecule has 0 amide bonds. The van der Waals surface area contributed by atoms with Crippen LogP contribution in [0, 0.1) is 0 Å². The number of anilines is 1. The maximum absolute atomic E-state index is 11.7. The number of rotatable bonds is 12. The normalized spacial score (nSPS) is 16.8. The van der Waals surface area contributed by atoms with Crippen molar-refractivity contribution in [3.05, 3.63) is 82.6 Å². The third-order valence-corrected chi connectivity index (χ3v) is 9.34. The van der Waals surface area contributed by atoms with Crippen LogP contribution in [-0.4, -0.2) is 36.6 Å². The first kappa shape index (κ1) is 45.5. The van der Waals surface area contributed by atoms with Crippen molar-refractivity contribution in [2.24, 2.45) is 0 Å². The molecule has 1 heterocycles. The Bertz CT molecular complexity index is 1670. The van der Waals surface area contributed by atoms with E-state index in [2.05, 4.69) is 9.37 Å². The van der Waals surface area contributed by atoms with Crippen molar-refractivity contribution in [2.45, 2.75) is 67.6 Å². The van der Waals surface area contributed by atoms with Crippen LogP contribution >= 0.6 is 12.0 Å². The number of fused-ring (bicyclic) bond motifs is 2. The Labute approximate surface area is 400 Å². The molecule has 0 aromatic heterocycles. The zero-order valence-corrected chi connectivity index (χ0v) is 37.9. The van der Waals surface area contributed by atoms with E-state index in [0.717, 1.165) is 34.3 Å². The van der Waals surface area contributed by atoms with Crippen molar-refractivity contribution >= 4 is 45.4 Å². The van der Waals surface area contributed by atoms with Crippen molar-refractivity contribution in [2.75, 3.05) is 11.4 Å². The Morgan fingerprint density at radius 1 is 1.00 bits per heavy atom. The number of hydrogen-bond acceptors (Lipinski definition) is 11. The summed E-state index contributed by atoms with van der Waals surface area (Å²) in [6.45, 7) is 7.76. The predicted molar refractivity (Wildman–Crippen MR) is 153 cm³/mol. The van der Waals surface area contributed by atoms with Crippen molar-refractivity contribution in [1.82, 2.24) is 0 Å². The molecular formula is C30H30K3NO10S2. The van der Waals surface area contributed by atoms with Gasteiger partial charge in [-0.05, 0) is 70.7 Å². The summed E-state index contributed by atoms with van der Waals surface area (Å²) in [6.07, 6.45) is 5.40. The van der Waals surface area contributed by atoms with Gasteiger partial charge < -0.3 is 29.7 Å². The summed E-state index contributed by atoms with van der Waals surface area (Å²) in [5, 5.41) is 34.5. The quantitative estimate of drug-likeness (QED) is 0.0717. The van der Waals surface area contributed by atoms with E-state index in [0.29, 0.717) is 21.8 Å². The van der Waals surface area contributed by atoms with Gasteiger partial charge in [-0.1, -0.05) is 45.9 Å². The van der Waals surface area contributed by atoms with E-state index < -0.39 is 32.9 Å². The smallest absolute Gasteiger partial charge is 0.744 e. The molecule has 0 bridgehead atoms. The second-order valence-corrected chi connectivity index (χ2v) is 13.4. The molecule has 0 fully saturated rings. The van der Waals surface area contributed by atoms with Gasteiger partial charge in [0.1, 0.15) is 10.1 Å². The molecule has 46 heavy (non-hydrogen) atoms. The van der Waals surface area contributed by atoms with Crippen LogP contribution in [0.25, 0.3) is 5.57 Å². The third kappa shape index (κ3) is 10.3. The molecule has 0 saturated heterocycles. The number of carbonyl (C=O) groups is 2. The van der Waals surface area contributed by atoms with Crippen molar-refractivity contribution in [3.8, 4) is 0 Å². The minimum absolute atomic E-state index is 0. The van der Waals surface area contributed by atoms with Crippen LogP contribution in [0.5, 0.6) is 0 Å². The number of benzene rings is 2. The molecule has 1 aliphatic heterocycles. The van der Waals surface area contributed by atoms with Gasteiger partial charge in [-0.15, -0.1) is 0 Å². The predicted octanol–water partition coefficient (Wildman–Crippen LogP) is -5.88. The summed E-state index contributed by atoms with van der Waals surface area (Å²) in [4.78, 5) is 24.9. The van der Waals surface area contributed by atoms with E-state index in [-0.39, 0.29) is 185 Å². The minimum atomic E-state index is -4.71. The fourth-order valence-corrected chi connectivity index (χ4v) is 6.77. The van der Waals surface area contributed by atoms with Gasteiger partial charge in [-0.2, -0.15) is 4.33 Å². The number of allylic oxidation sites excluding steroid dienone is 6. The van der Waals surface area contributed by atoms with E-state index in [9.17, 15) is 38.0 Å². The van der Waals surface area contributed by atoms with E-state index in [1.807, 2.05) is 52.0 Å². The molecule has 1 aliphatic carbocycles. The summed E-state index contributed by atoms with van der Waals surface area (Å²) in [5.41, 5.74) is 3.98. The Morgan fingerprint density at radius 3 is 2.26 bits per heavy atom. The van der Waals surface area contributed by atoms with E-state index in [4.69, 9.17) is 0 Å². The standard InChI is InChI=1S/C30H33NO10S2.3K/c1-29(2)22(20(11-13-27(32)33)21-10-8-18(16-23(21)29)42-41-40-36)6-5-7-26-30(3,4)24-17-19(43(37,38)39)9-12-25(24)31(26)15-14-28(34)35;;;/h5-10,12,16-17,36H,11,13-15H2,1-4H3,(H,32,33)(H,34,35)(H,37,38,39);;;/q;3*+1/p-3/b6-5?,26-7+;;;. The average Bonchev–Trinajstić information content (AvgIpc) is 3.27. The van der Waals surface area contributed by atoms with Gasteiger partial charge >= 0.3 is 160 Å². The van der Waals surface area contributed by atoms with Crippen LogP contribution in [0.2, 0.25) is 0 Å². The molecule has 11 nitrogen and oxygen atoms in total. The summed E-state index contributed by atoms with van der Waals surface area (Å²) < 4.78 is 39.7. The molecular weight excluding hydrogens is 716 g/mol. The number of carboxylic acids is 2.